The Labute approximate surface area is 53.8 Å². The first kappa shape index (κ1) is 7.75. The van der Waals surface area contributed by atoms with Gasteiger partial charge in [0.25, 0.3) is 0 Å². The van der Waals surface area contributed by atoms with E-state index in [1.807, 2.05) is 0 Å². The molecule has 0 N–H and O–H groups in total. The number of allylic oxidation sites excluding steroid dienone is 1. The van der Waals surface area contributed by atoms with Gasteiger partial charge in [-0.15, -0.1) is 0 Å². The van der Waals surface area contributed by atoms with E-state index in [9.17, 15) is 4.79 Å². The van der Waals surface area contributed by atoms with Crippen LogP contribution in [0.25, 0.3) is 0 Å². The number of carbonyl (C=O) groups is 1. The Hall–Kier alpha value is -1.25. The predicted molar refractivity (Wildman–Crippen MR) is 37.9 cm³/mol. The molecule has 48 valence electrons. The van der Waals surface area contributed by atoms with Gasteiger partial charge in [0.05, 0.1) is 6.20 Å². The zero-order valence-corrected chi connectivity index (χ0v) is 5.24. The van der Waals surface area contributed by atoms with Gasteiger partial charge in [0, 0.05) is 6.21 Å². The third kappa shape index (κ3) is 3.34. The molecule has 0 aromatic carbocycles. The summed E-state index contributed by atoms with van der Waals surface area (Å²) in [6, 6.07) is 0. The van der Waals surface area contributed by atoms with Gasteiger partial charge >= 0.3 is 0 Å². The van der Waals surface area contributed by atoms with Crippen LogP contribution in [-0.4, -0.2) is 19.2 Å². The Bertz CT molecular complexity index is 158. The molecule has 0 aromatic rings. The van der Waals surface area contributed by atoms with Crippen molar-refractivity contribution in [2.75, 3.05) is 0 Å². The molecular formula is C6H8N2O. The molecule has 3 nitrogen and oxygen atoms in total. The Morgan fingerprint density at radius 2 is 2.33 bits per heavy atom. The fourth-order valence-electron chi connectivity index (χ4n) is 0.337. The van der Waals surface area contributed by atoms with Crippen molar-refractivity contribution in [1.29, 1.82) is 0 Å². The second-order valence-corrected chi connectivity index (χ2v) is 1.24. The van der Waals surface area contributed by atoms with Crippen LogP contribution in [0.5, 0.6) is 0 Å². The summed E-state index contributed by atoms with van der Waals surface area (Å²) >= 11 is 0. The maximum atomic E-state index is 10.0. The van der Waals surface area contributed by atoms with Gasteiger partial charge in [-0.3, -0.25) is 14.8 Å². The van der Waals surface area contributed by atoms with Crippen LogP contribution in [0, 0.1) is 0 Å². The highest BCUT2D eigenvalue weighted by Crippen LogP contribution is 1.88. The summed E-state index contributed by atoms with van der Waals surface area (Å²) in [5, 5.41) is 0. The van der Waals surface area contributed by atoms with E-state index in [0.29, 0.717) is 6.29 Å². The number of carbonyl (C=O) groups excluding carboxylic acids is 1. The number of aliphatic imine (C=N–C) groups is 2. The van der Waals surface area contributed by atoms with Crippen LogP contribution in [0.15, 0.2) is 21.9 Å². The molecule has 0 unspecified atom stereocenters. The third-order valence-corrected chi connectivity index (χ3v) is 0.622. The summed E-state index contributed by atoms with van der Waals surface area (Å²) in [5.41, 5.74) is 0.285. The monoisotopic (exact) mass is 124 g/mol. The fraction of sp³-hybridized carbons (Fsp3) is 0.167. The third-order valence-electron chi connectivity index (χ3n) is 0.622. The van der Waals surface area contributed by atoms with Crippen LogP contribution in [0.2, 0.25) is 0 Å². The lowest BCUT2D eigenvalue weighted by Gasteiger charge is -1.81. The molecule has 0 aliphatic carbocycles. The number of hydrogen-bond acceptors (Lipinski definition) is 3. The van der Waals surface area contributed by atoms with Crippen molar-refractivity contribution < 1.29 is 4.79 Å². The average molecular weight is 124 g/mol. The molecule has 0 aliphatic rings. The average Bonchev–Trinajstić information content (AvgIpc) is 1.88. The van der Waals surface area contributed by atoms with E-state index in [2.05, 4.69) is 16.7 Å². The summed E-state index contributed by atoms with van der Waals surface area (Å²) < 4.78 is 0. The first-order valence-electron chi connectivity index (χ1n) is 2.45. The minimum absolute atomic E-state index is 0.285. The number of rotatable bonds is 3. The van der Waals surface area contributed by atoms with E-state index < -0.39 is 0 Å². The molecule has 0 fully saturated rings. The first-order valence-corrected chi connectivity index (χ1v) is 2.45. The van der Waals surface area contributed by atoms with Crippen molar-refractivity contribution in [3.05, 3.63) is 11.9 Å². The highest BCUT2D eigenvalue weighted by Gasteiger charge is 1.83. The van der Waals surface area contributed by atoms with Crippen molar-refractivity contribution >= 4 is 19.2 Å². The van der Waals surface area contributed by atoms with Gasteiger partial charge in [0.15, 0.2) is 6.29 Å². The second-order valence-electron chi connectivity index (χ2n) is 1.24. The minimum Gasteiger partial charge on any atom is -0.296 e. The molecule has 0 radical (unpaired) electrons. The Morgan fingerprint density at radius 3 is 2.67 bits per heavy atom. The molecule has 9 heavy (non-hydrogen) atoms. The molecule has 0 saturated heterocycles. The highest BCUT2D eigenvalue weighted by atomic mass is 16.1. The van der Waals surface area contributed by atoms with Gasteiger partial charge in [0.2, 0.25) is 0 Å². The summed E-state index contributed by atoms with van der Waals surface area (Å²) in [6.45, 7) is 4.89. The summed E-state index contributed by atoms with van der Waals surface area (Å²) in [6.07, 6.45) is 3.44. The topological polar surface area (TPSA) is 41.8 Å². The van der Waals surface area contributed by atoms with Gasteiger partial charge in [-0.2, -0.15) is 0 Å². The molecule has 0 spiro atoms. The Morgan fingerprint density at radius 1 is 1.67 bits per heavy atom. The lowest BCUT2D eigenvalue weighted by molar-refractivity contribution is -0.104. The number of hydrogen-bond donors (Lipinski definition) is 0. The quantitative estimate of drug-likeness (QED) is 0.312. The van der Waals surface area contributed by atoms with Crippen molar-refractivity contribution in [2.45, 2.75) is 6.92 Å². The minimum atomic E-state index is 0.285. The van der Waals surface area contributed by atoms with E-state index in [4.69, 9.17) is 0 Å². The van der Waals surface area contributed by atoms with Crippen molar-refractivity contribution in [1.82, 2.24) is 0 Å². The van der Waals surface area contributed by atoms with Crippen LogP contribution >= 0.6 is 0 Å². The van der Waals surface area contributed by atoms with E-state index in [0.717, 1.165) is 0 Å². The van der Waals surface area contributed by atoms with Gasteiger partial charge < -0.3 is 0 Å². The molecule has 0 rings (SSSR count). The number of aldehydes is 1. The molecule has 3 heteroatoms. The SMILES string of the molecule is C=N/C=C(/C=O)N=CC. The van der Waals surface area contributed by atoms with Crippen LogP contribution in [0.1, 0.15) is 6.92 Å². The molecule has 0 bridgehead atoms. The van der Waals surface area contributed by atoms with Crippen LogP contribution in [0.3, 0.4) is 0 Å². The Kier molecular flexibility index (Phi) is 4.22. The molecule has 0 saturated carbocycles. The van der Waals surface area contributed by atoms with Gasteiger partial charge in [-0.1, -0.05) is 0 Å². The maximum absolute atomic E-state index is 10.0. The molecular weight excluding hydrogens is 116 g/mol. The van der Waals surface area contributed by atoms with E-state index >= 15 is 0 Å². The van der Waals surface area contributed by atoms with Crippen molar-refractivity contribution in [3.63, 3.8) is 0 Å². The summed E-state index contributed by atoms with van der Waals surface area (Å²) in [7, 11) is 0. The van der Waals surface area contributed by atoms with E-state index in [1.165, 1.54) is 12.4 Å². The summed E-state index contributed by atoms with van der Waals surface area (Å²) in [4.78, 5) is 17.1. The maximum Gasteiger partial charge on any atom is 0.169 e. The van der Waals surface area contributed by atoms with Crippen LogP contribution < -0.4 is 0 Å². The zero-order chi connectivity index (χ0) is 7.11. The molecule has 0 aromatic heterocycles. The largest absolute Gasteiger partial charge is 0.296 e. The van der Waals surface area contributed by atoms with Crippen LogP contribution in [0.4, 0.5) is 0 Å². The van der Waals surface area contributed by atoms with Crippen LogP contribution in [-0.2, 0) is 4.79 Å². The second kappa shape index (κ2) is 4.90. The van der Waals surface area contributed by atoms with Crippen molar-refractivity contribution in [3.8, 4) is 0 Å². The summed E-state index contributed by atoms with van der Waals surface area (Å²) in [5.74, 6) is 0. The zero-order valence-electron chi connectivity index (χ0n) is 5.24. The van der Waals surface area contributed by atoms with Gasteiger partial charge in [0.1, 0.15) is 5.70 Å². The Balaban J connectivity index is 4.13. The molecule has 0 atom stereocenters. The first-order chi connectivity index (χ1) is 4.35. The molecule has 0 aliphatic heterocycles. The van der Waals surface area contributed by atoms with Gasteiger partial charge in [-0.05, 0) is 13.6 Å². The molecule has 0 heterocycles. The van der Waals surface area contributed by atoms with E-state index in [1.54, 1.807) is 6.92 Å². The smallest absolute Gasteiger partial charge is 0.169 e. The highest BCUT2D eigenvalue weighted by molar-refractivity contribution is 5.76. The fourth-order valence-corrected chi connectivity index (χ4v) is 0.337. The van der Waals surface area contributed by atoms with Gasteiger partial charge in [-0.25, -0.2) is 0 Å². The molecule has 0 amide bonds. The van der Waals surface area contributed by atoms with Crippen molar-refractivity contribution in [2.24, 2.45) is 9.98 Å². The predicted octanol–water partition coefficient (Wildman–Crippen LogP) is 0.818. The lowest BCUT2D eigenvalue weighted by Crippen LogP contribution is -1.77. The normalized spacial score (nSPS) is 11.9. The number of nitrogens with zero attached hydrogens (tertiary/aromatic N) is 2. The standard InChI is InChI=1S/C6H8N2O/c1-3-8-6(5-9)4-7-2/h3-5H,2H2,1H3/b6-4-,8-3?. The van der Waals surface area contributed by atoms with E-state index in [-0.39, 0.29) is 5.70 Å². The lowest BCUT2D eigenvalue weighted by atomic mass is 10.5.